The van der Waals surface area contributed by atoms with Crippen molar-refractivity contribution in [3.05, 3.63) is 0 Å². The number of esters is 1. The van der Waals surface area contributed by atoms with Crippen LogP contribution in [0.3, 0.4) is 0 Å². The Balaban J connectivity index is 1.87. The fourth-order valence-corrected chi connectivity index (χ4v) is 2.75. The number of hydrogen-bond acceptors (Lipinski definition) is 4. The van der Waals surface area contributed by atoms with Crippen molar-refractivity contribution >= 4 is 5.97 Å². The molecule has 0 N–H and O–H groups in total. The van der Waals surface area contributed by atoms with Crippen LogP contribution in [0.25, 0.3) is 0 Å². The maximum absolute atomic E-state index is 11.5. The van der Waals surface area contributed by atoms with Crippen molar-refractivity contribution < 1.29 is 14.3 Å². The Hall–Kier alpha value is -0.610. The molecule has 2 heterocycles. The third-order valence-corrected chi connectivity index (χ3v) is 3.69. The highest BCUT2D eigenvalue weighted by Gasteiger charge is 2.30. The summed E-state index contributed by atoms with van der Waals surface area (Å²) < 4.78 is 10.2. The first-order valence-corrected chi connectivity index (χ1v) is 6.21. The molecule has 1 atom stereocenters. The predicted octanol–water partition coefficient (Wildman–Crippen LogP) is 1.05. The van der Waals surface area contributed by atoms with Crippen molar-refractivity contribution in [1.29, 1.82) is 0 Å². The van der Waals surface area contributed by atoms with Crippen LogP contribution in [0.2, 0.25) is 0 Å². The quantitative estimate of drug-likeness (QED) is 0.661. The Bertz CT molecular complexity index is 238. The van der Waals surface area contributed by atoms with Gasteiger partial charge >= 0.3 is 5.97 Å². The molecule has 4 heteroatoms. The standard InChI is InChI=1S/C12H21NO3/c1-15-12(14)10-3-2-6-13(9-10)11-4-7-16-8-5-11/h10-11H,2-9H2,1H3. The van der Waals surface area contributed by atoms with E-state index in [-0.39, 0.29) is 11.9 Å². The minimum absolute atomic E-state index is 0.0447. The number of rotatable bonds is 2. The summed E-state index contributed by atoms with van der Waals surface area (Å²) in [7, 11) is 1.48. The van der Waals surface area contributed by atoms with Gasteiger partial charge in [-0.1, -0.05) is 0 Å². The van der Waals surface area contributed by atoms with Gasteiger partial charge in [-0.15, -0.1) is 0 Å². The van der Waals surface area contributed by atoms with Gasteiger partial charge in [0.2, 0.25) is 0 Å². The fraction of sp³-hybridized carbons (Fsp3) is 0.917. The molecule has 0 aromatic rings. The zero-order valence-electron chi connectivity index (χ0n) is 9.98. The predicted molar refractivity (Wildman–Crippen MR) is 60.2 cm³/mol. The average molecular weight is 227 g/mol. The molecule has 2 aliphatic rings. The second-order valence-corrected chi connectivity index (χ2v) is 4.70. The van der Waals surface area contributed by atoms with Crippen LogP contribution in [0.5, 0.6) is 0 Å². The summed E-state index contributed by atoms with van der Waals surface area (Å²) in [6.07, 6.45) is 4.30. The smallest absolute Gasteiger partial charge is 0.309 e. The van der Waals surface area contributed by atoms with Crippen molar-refractivity contribution in [2.45, 2.75) is 31.7 Å². The summed E-state index contributed by atoms with van der Waals surface area (Å²) in [5.41, 5.74) is 0. The Morgan fingerprint density at radius 1 is 1.31 bits per heavy atom. The summed E-state index contributed by atoms with van der Waals surface area (Å²) in [6.45, 7) is 3.73. The van der Waals surface area contributed by atoms with Crippen molar-refractivity contribution in [1.82, 2.24) is 4.90 Å². The lowest BCUT2D eigenvalue weighted by Gasteiger charge is -2.39. The van der Waals surface area contributed by atoms with E-state index in [1.165, 1.54) is 7.11 Å². The molecule has 1 unspecified atom stereocenters. The Kier molecular flexibility index (Phi) is 4.18. The minimum Gasteiger partial charge on any atom is -0.469 e. The number of piperidine rings is 1. The lowest BCUT2D eigenvalue weighted by molar-refractivity contribution is -0.147. The first-order valence-electron chi connectivity index (χ1n) is 6.21. The maximum atomic E-state index is 11.5. The lowest BCUT2D eigenvalue weighted by Crippen LogP contribution is -2.46. The Morgan fingerprint density at radius 3 is 2.75 bits per heavy atom. The number of hydrogen-bond donors (Lipinski definition) is 0. The number of nitrogens with zero attached hydrogens (tertiary/aromatic N) is 1. The summed E-state index contributed by atoms with van der Waals surface area (Å²) in [4.78, 5) is 14.0. The molecule has 2 fully saturated rings. The molecule has 92 valence electrons. The molecular formula is C12H21NO3. The van der Waals surface area contributed by atoms with E-state index in [0.29, 0.717) is 6.04 Å². The van der Waals surface area contributed by atoms with Crippen molar-refractivity contribution in [2.24, 2.45) is 5.92 Å². The minimum atomic E-state index is -0.0447. The lowest BCUT2D eigenvalue weighted by atomic mass is 9.95. The molecule has 0 aliphatic carbocycles. The number of methoxy groups -OCH3 is 1. The van der Waals surface area contributed by atoms with Crippen LogP contribution in [0, 0.1) is 5.92 Å². The second-order valence-electron chi connectivity index (χ2n) is 4.70. The highest BCUT2D eigenvalue weighted by molar-refractivity contribution is 5.72. The van der Waals surface area contributed by atoms with Gasteiger partial charge in [-0.05, 0) is 32.2 Å². The Morgan fingerprint density at radius 2 is 2.06 bits per heavy atom. The van der Waals surface area contributed by atoms with Gasteiger partial charge in [-0.2, -0.15) is 0 Å². The number of ether oxygens (including phenoxy) is 2. The van der Waals surface area contributed by atoms with E-state index in [9.17, 15) is 4.79 Å². The monoisotopic (exact) mass is 227 g/mol. The van der Waals surface area contributed by atoms with Gasteiger partial charge < -0.3 is 9.47 Å². The molecule has 0 radical (unpaired) electrons. The van der Waals surface area contributed by atoms with Crippen LogP contribution in [0.4, 0.5) is 0 Å². The molecule has 0 aromatic carbocycles. The molecule has 4 nitrogen and oxygen atoms in total. The van der Waals surface area contributed by atoms with Gasteiger partial charge in [0, 0.05) is 25.8 Å². The van der Waals surface area contributed by atoms with Crippen molar-refractivity contribution in [3.63, 3.8) is 0 Å². The highest BCUT2D eigenvalue weighted by Crippen LogP contribution is 2.23. The molecule has 0 bridgehead atoms. The summed E-state index contributed by atoms with van der Waals surface area (Å²) >= 11 is 0. The van der Waals surface area contributed by atoms with E-state index in [2.05, 4.69) is 4.90 Å². The van der Waals surface area contributed by atoms with E-state index >= 15 is 0 Å². The number of carbonyl (C=O) groups is 1. The summed E-state index contributed by atoms with van der Waals surface area (Å²) in [5.74, 6) is 0.0401. The van der Waals surface area contributed by atoms with Crippen molar-refractivity contribution in [3.8, 4) is 0 Å². The zero-order valence-corrected chi connectivity index (χ0v) is 9.98. The van der Waals surface area contributed by atoms with Gasteiger partial charge in [-0.25, -0.2) is 0 Å². The average Bonchev–Trinajstić information content (AvgIpc) is 2.39. The third kappa shape index (κ3) is 2.74. The van der Waals surface area contributed by atoms with Crippen LogP contribution in [-0.2, 0) is 14.3 Å². The molecule has 2 aliphatic heterocycles. The van der Waals surface area contributed by atoms with Gasteiger partial charge in [-0.3, -0.25) is 9.69 Å². The summed E-state index contributed by atoms with van der Waals surface area (Å²) in [6, 6.07) is 0.612. The molecule has 0 saturated carbocycles. The van der Waals surface area contributed by atoms with Crippen LogP contribution < -0.4 is 0 Å². The first-order chi connectivity index (χ1) is 7.81. The van der Waals surface area contributed by atoms with Crippen LogP contribution in [-0.4, -0.2) is 50.3 Å². The normalized spacial score (nSPS) is 28.9. The molecular weight excluding hydrogens is 206 g/mol. The topological polar surface area (TPSA) is 38.8 Å². The van der Waals surface area contributed by atoms with Gasteiger partial charge in [0.1, 0.15) is 0 Å². The number of likely N-dealkylation sites (tertiary alicyclic amines) is 1. The van der Waals surface area contributed by atoms with Crippen molar-refractivity contribution in [2.75, 3.05) is 33.4 Å². The summed E-state index contributed by atoms with van der Waals surface area (Å²) in [5, 5.41) is 0. The zero-order chi connectivity index (χ0) is 11.4. The van der Waals surface area contributed by atoms with E-state index in [1.54, 1.807) is 0 Å². The van der Waals surface area contributed by atoms with Gasteiger partial charge in [0.15, 0.2) is 0 Å². The van der Waals surface area contributed by atoms with Crippen LogP contribution in [0.15, 0.2) is 0 Å². The number of carbonyl (C=O) groups excluding carboxylic acids is 1. The van der Waals surface area contributed by atoms with Crippen LogP contribution >= 0.6 is 0 Å². The molecule has 16 heavy (non-hydrogen) atoms. The largest absolute Gasteiger partial charge is 0.469 e. The van der Waals surface area contributed by atoms with Crippen LogP contribution in [0.1, 0.15) is 25.7 Å². The fourth-order valence-electron chi connectivity index (χ4n) is 2.75. The second kappa shape index (κ2) is 5.64. The van der Waals surface area contributed by atoms with E-state index in [1.807, 2.05) is 0 Å². The van der Waals surface area contributed by atoms with Gasteiger partial charge in [0.05, 0.1) is 13.0 Å². The first kappa shape index (κ1) is 11.9. The van der Waals surface area contributed by atoms with E-state index < -0.39 is 0 Å². The molecule has 2 rings (SSSR count). The highest BCUT2D eigenvalue weighted by atomic mass is 16.5. The van der Waals surface area contributed by atoms with Gasteiger partial charge in [0.25, 0.3) is 0 Å². The Labute approximate surface area is 96.9 Å². The molecule has 0 aromatic heterocycles. The third-order valence-electron chi connectivity index (χ3n) is 3.69. The maximum Gasteiger partial charge on any atom is 0.309 e. The van der Waals surface area contributed by atoms with E-state index in [4.69, 9.17) is 9.47 Å². The molecule has 0 spiro atoms. The molecule has 0 amide bonds. The van der Waals surface area contributed by atoms with E-state index in [0.717, 1.165) is 52.0 Å². The SMILES string of the molecule is COC(=O)C1CCCN(C2CCOCC2)C1. The molecule has 2 saturated heterocycles.